The molecule has 2 aliphatic rings. The maximum absolute atomic E-state index is 12.8. The van der Waals surface area contributed by atoms with Crippen LogP contribution in [0, 0.1) is 12.8 Å². The van der Waals surface area contributed by atoms with Crippen molar-refractivity contribution in [1.82, 2.24) is 9.80 Å². The number of likely N-dealkylation sites (tertiary alicyclic amines) is 2. The standard InChI is InChI=1S/C25H30N2O3/c1-19-6-2-3-7-23(19)25(29)27-16-12-20(13-17-27)18-30-22-10-8-21(9-11-22)24(28)26-14-4-5-15-26/h2-3,6-11,20H,4-5,12-18H2,1H3. The lowest BCUT2D eigenvalue weighted by Gasteiger charge is -2.32. The van der Waals surface area contributed by atoms with Crippen LogP contribution < -0.4 is 4.74 Å². The zero-order valence-corrected chi connectivity index (χ0v) is 17.7. The van der Waals surface area contributed by atoms with E-state index < -0.39 is 0 Å². The number of benzene rings is 2. The third-order valence-electron chi connectivity index (χ3n) is 6.26. The van der Waals surface area contributed by atoms with Crippen molar-refractivity contribution in [3.05, 3.63) is 65.2 Å². The molecule has 2 aromatic carbocycles. The molecule has 0 bridgehead atoms. The lowest BCUT2D eigenvalue weighted by molar-refractivity contribution is 0.0659. The molecule has 2 heterocycles. The molecule has 0 saturated carbocycles. The summed E-state index contributed by atoms with van der Waals surface area (Å²) in [6.07, 6.45) is 4.09. The summed E-state index contributed by atoms with van der Waals surface area (Å²) in [4.78, 5) is 29.1. The Kier molecular flexibility index (Phi) is 6.36. The van der Waals surface area contributed by atoms with Crippen LogP contribution in [0.25, 0.3) is 0 Å². The van der Waals surface area contributed by atoms with Crippen molar-refractivity contribution in [3.63, 3.8) is 0 Å². The quantitative estimate of drug-likeness (QED) is 0.749. The zero-order valence-electron chi connectivity index (χ0n) is 17.7. The Bertz CT molecular complexity index is 880. The van der Waals surface area contributed by atoms with Crippen LogP contribution in [0.15, 0.2) is 48.5 Å². The molecular weight excluding hydrogens is 376 g/mol. The highest BCUT2D eigenvalue weighted by Crippen LogP contribution is 2.22. The van der Waals surface area contributed by atoms with E-state index in [9.17, 15) is 9.59 Å². The summed E-state index contributed by atoms with van der Waals surface area (Å²) in [5.41, 5.74) is 2.56. The molecule has 0 spiro atoms. The van der Waals surface area contributed by atoms with Crippen LogP contribution in [-0.2, 0) is 0 Å². The lowest BCUT2D eigenvalue weighted by Crippen LogP contribution is -2.40. The van der Waals surface area contributed by atoms with Crippen molar-refractivity contribution >= 4 is 11.8 Å². The maximum Gasteiger partial charge on any atom is 0.254 e. The van der Waals surface area contributed by atoms with Gasteiger partial charge in [-0.05, 0) is 74.4 Å². The summed E-state index contributed by atoms with van der Waals surface area (Å²) in [5, 5.41) is 0. The van der Waals surface area contributed by atoms with Gasteiger partial charge in [0.2, 0.25) is 0 Å². The molecule has 0 unspecified atom stereocenters. The number of carbonyl (C=O) groups excluding carboxylic acids is 2. The summed E-state index contributed by atoms with van der Waals surface area (Å²) < 4.78 is 5.98. The molecule has 2 fully saturated rings. The third-order valence-corrected chi connectivity index (χ3v) is 6.26. The molecule has 0 atom stereocenters. The molecule has 2 saturated heterocycles. The normalized spacial score (nSPS) is 17.2. The Morgan fingerprint density at radius 1 is 0.867 bits per heavy atom. The predicted molar refractivity (Wildman–Crippen MR) is 117 cm³/mol. The van der Waals surface area contributed by atoms with E-state index in [2.05, 4.69) is 0 Å². The van der Waals surface area contributed by atoms with Crippen LogP contribution >= 0.6 is 0 Å². The van der Waals surface area contributed by atoms with Crippen molar-refractivity contribution in [2.24, 2.45) is 5.92 Å². The molecule has 0 aliphatic carbocycles. The smallest absolute Gasteiger partial charge is 0.254 e. The van der Waals surface area contributed by atoms with Gasteiger partial charge in [-0.15, -0.1) is 0 Å². The Balaban J connectivity index is 1.24. The van der Waals surface area contributed by atoms with Gasteiger partial charge in [0.25, 0.3) is 11.8 Å². The first kappa shape index (κ1) is 20.5. The van der Waals surface area contributed by atoms with E-state index in [-0.39, 0.29) is 11.8 Å². The number of nitrogens with zero attached hydrogens (tertiary/aromatic N) is 2. The van der Waals surface area contributed by atoms with Gasteiger partial charge in [0, 0.05) is 37.3 Å². The minimum absolute atomic E-state index is 0.116. The van der Waals surface area contributed by atoms with E-state index in [1.165, 1.54) is 0 Å². The minimum Gasteiger partial charge on any atom is -0.493 e. The molecule has 2 amide bonds. The molecule has 2 aromatic rings. The number of rotatable bonds is 5. The van der Waals surface area contributed by atoms with Gasteiger partial charge in [0.15, 0.2) is 0 Å². The Hall–Kier alpha value is -2.82. The number of piperidine rings is 1. The number of hydrogen-bond donors (Lipinski definition) is 0. The molecule has 5 nitrogen and oxygen atoms in total. The monoisotopic (exact) mass is 406 g/mol. The van der Waals surface area contributed by atoms with Crippen LogP contribution in [-0.4, -0.2) is 54.4 Å². The van der Waals surface area contributed by atoms with Gasteiger partial charge in [-0.25, -0.2) is 0 Å². The first-order valence-corrected chi connectivity index (χ1v) is 11.0. The number of hydrogen-bond acceptors (Lipinski definition) is 3. The van der Waals surface area contributed by atoms with E-state index >= 15 is 0 Å². The number of carbonyl (C=O) groups is 2. The van der Waals surface area contributed by atoms with E-state index in [0.717, 1.165) is 74.3 Å². The summed E-state index contributed by atoms with van der Waals surface area (Å²) >= 11 is 0. The summed E-state index contributed by atoms with van der Waals surface area (Å²) in [5.74, 6) is 1.48. The van der Waals surface area contributed by atoms with Gasteiger partial charge >= 0.3 is 0 Å². The number of ether oxygens (including phenoxy) is 1. The fourth-order valence-electron chi connectivity index (χ4n) is 4.30. The molecule has 30 heavy (non-hydrogen) atoms. The first-order chi connectivity index (χ1) is 14.6. The number of aryl methyl sites for hydroxylation is 1. The molecule has 0 N–H and O–H groups in total. The zero-order chi connectivity index (χ0) is 20.9. The summed E-state index contributed by atoms with van der Waals surface area (Å²) in [6, 6.07) is 15.3. The minimum atomic E-state index is 0.116. The second-order valence-corrected chi connectivity index (χ2v) is 8.39. The first-order valence-electron chi connectivity index (χ1n) is 11.0. The van der Waals surface area contributed by atoms with Gasteiger partial charge in [-0.3, -0.25) is 9.59 Å². The molecule has 4 rings (SSSR count). The highest BCUT2D eigenvalue weighted by Gasteiger charge is 2.25. The van der Waals surface area contributed by atoms with Crippen LogP contribution in [0.3, 0.4) is 0 Å². The maximum atomic E-state index is 12.8. The van der Waals surface area contributed by atoms with Crippen molar-refractivity contribution in [3.8, 4) is 5.75 Å². The molecule has 0 aromatic heterocycles. The van der Waals surface area contributed by atoms with E-state index in [1.54, 1.807) is 0 Å². The van der Waals surface area contributed by atoms with Crippen molar-refractivity contribution in [1.29, 1.82) is 0 Å². The topological polar surface area (TPSA) is 49.9 Å². The van der Waals surface area contributed by atoms with Crippen molar-refractivity contribution in [2.45, 2.75) is 32.6 Å². The van der Waals surface area contributed by atoms with E-state index in [0.29, 0.717) is 12.5 Å². The summed E-state index contributed by atoms with van der Waals surface area (Å²) in [6.45, 7) is 5.89. The van der Waals surface area contributed by atoms with Crippen LogP contribution in [0.2, 0.25) is 0 Å². The van der Waals surface area contributed by atoms with Crippen LogP contribution in [0.4, 0.5) is 0 Å². The van der Waals surface area contributed by atoms with Crippen LogP contribution in [0.1, 0.15) is 52.0 Å². The summed E-state index contributed by atoms with van der Waals surface area (Å²) in [7, 11) is 0. The molecule has 158 valence electrons. The highest BCUT2D eigenvalue weighted by atomic mass is 16.5. The molecular formula is C25H30N2O3. The van der Waals surface area contributed by atoms with Crippen molar-refractivity contribution < 1.29 is 14.3 Å². The fourth-order valence-corrected chi connectivity index (χ4v) is 4.30. The van der Waals surface area contributed by atoms with Crippen molar-refractivity contribution in [2.75, 3.05) is 32.8 Å². The van der Waals surface area contributed by atoms with E-state index in [4.69, 9.17) is 4.74 Å². The molecule has 0 radical (unpaired) electrons. The fraction of sp³-hybridized carbons (Fsp3) is 0.440. The highest BCUT2D eigenvalue weighted by molar-refractivity contribution is 5.95. The second kappa shape index (κ2) is 9.33. The number of amides is 2. The lowest BCUT2D eigenvalue weighted by atomic mass is 9.96. The van der Waals surface area contributed by atoms with E-state index in [1.807, 2.05) is 65.3 Å². The Labute approximate surface area is 178 Å². The van der Waals surface area contributed by atoms with Gasteiger partial charge in [-0.1, -0.05) is 18.2 Å². The molecule has 2 aliphatic heterocycles. The van der Waals surface area contributed by atoms with Gasteiger partial charge < -0.3 is 14.5 Å². The largest absolute Gasteiger partial charge is 0.493 e. The average Bonchev–Trinajstić information content (AvgIpc) is 3.33. The Morgan fingerprint density at radius 3 is 2.17 bits per heavy atom. The van der Waals surface area contributed by atoms with Gasteiger partial charge in [0.1, 0.15) is 5.75 Å². The Morgan fingerprint density at radius 2 is 1.50 bits per heavy atom. The van der Waals surface area contributed by atoms with Crippen LogP contribution in [0.5, 0.6) is 5.75 Å². The predicted octanol–water partition coefficient (Wildman–Crippen LogP) is 4.16. The third kappa shape index (κ3) is 4.66. The van der Waals surface area contributed by atoms with Gasteiger partial charge in [0.05, 0.1) is 6.61 Å². The van der Waals surface area contributed by atoms with Gasteiger partial charge in [-0.2, -0.15) is 0 Å². The average molecular weight is 407 g/mol. The SMILES string of the molecule is Cc1ccccc1C(=O)N1CCC(COc2ccc(C(=O)N3CCCC3)cc2)CC1. The molecule has 5 heteroatoms. The second-order valence-electron chi connectivity index (χ2n) is 8.39.